The van der Waals surface area contributed by atoms with Crippen molar-refractivity contribution in [3.8, 4) is 0 Å². The van der Waals surface area contributed by atoms with Crippen LogP contribution in [-0.4, -0.2) is 35.4 Å². The average Bonchev–Trinajstić information content (AvgIpc) is 2.91. The number of carbonyl (C=O) groups is 1. The van der Waals surface area contributed by atoms with Crippen LogP contribution in [0.2, 0.25) is 0 Å². The predicted octanol–water partition coefficient (Wildman–Crippen LogP) is 4.30. The molecular formula is C17H33NO3. The minimum atomic E-state index is -0.423. The van der Waals surface area contributed by atoms with E-state index in [0.29, 0.717) is 19.6 Å². The lowest BCUT2D eigenvalue weighted by Gasteiger charge is -2.15. The number of hydrogen-bond donors (Lipinski definition) is 1. The van der Waals surface area contributed by atoms with E-state index in [4.69, 9.17) is 4.74 Å². The first-order chi connectivity index (χ1) is 10.3. The Hall–Kier alpha value is -0.610. The molecular weight excluding hydrogens is 266 g/mol. The zero-order valence-electron chi connectivity index (χ0n) is 13.7. The highest BCUT2D eigenvalue weighted by Gasteiger charge is 2.30. The molecule has 0 saturated carbocycles. The van der Waals surface area contributed by atoms with Gasteiger partial charge >= 0.3 is 5.97 Å². The van der Waals surface area contributed by atoms with Gasteiger partial charge in [-0.3, -0.25) is 4.79 Å². The molecule has 4 heteroatoms. The van der Waals surface area contributed by atoms with E-state index in [1.165, 1.54) is 51.4 Å². The summed E-state index contributed by atoms with van der Waals surface area (Å²) in [7, 11) is 0. The summed E-state index contributed by atoms with van der Waals surface area (Å²) in [5.74, 6) is -0.258. The van der Waals surface area contributed by atoms with Gasteiger partial charge < -0.3 is 9.94 Å². The maximum atomic E-state index is 11.7. The Morgan fingerprint density at radius 2 is 1.62 bits per heavy atom. The van der Waals surface area contributed by atoms with E-state index >= 15 is 0 Å². The van der Waals surface area contributed by atoms with Gasteiger partial charge in [-0.15, -0.1) is 0 Å². The Labute approximate surface area is 129 Å². The van der Waals surface area contributed by atoms with Crippen molar-refractivity contribution in [2.45, 2.75) is 90.0 Å². The number of esters is 1. The van der Waals surface area contributed by atoms with Crippen LogP contribution in [-0.2, 0) is 9.53 Å². The number of hydroxylamine groups is 2. The van der Waals surface area contributed by atoms with Crippen LogP contribution in [0.15, 0.2) is 0 Å². The van der Waals surface area contributed by atoms with Gasteiger partial charge in [0.2, 0.25) is 0 Å². The standard InChI is InChI=1S/C17H33NO3/c1-2-3-4-5-6-7-8-9-10-11-15-21-17(19)16-13-12-14-18(16)20/h16,20H,2-15H2,1H3. The molecule has 1 atom stereocenters. The molecule has 0 aliphatic carbocycles. The Bertz CT molecular complexity index is 271. The van der Waals surface area contributed by atoms with Gasteiger partial charge in [0.25, 0.3) is 0 Å². The van der Waals surface area contributed by atoms with Crippen molar-refractivity contribution in [1.82, 2.24) is 5.06 Å². The fraction of sp³-hybridized carbons (Fsp3) is 0.941. The van der Waals surface area contributed by atoms with Crippen molar-refractivity contribution in [1.29, 1.82) is 0 Å². The van der Waals surface area contributed by atoms with Gasteiger partial charge in [0, 0.05) is 6.54 Å². The van der Waals surface area contributed by atoms with Gasteiger partial charge in [0.15, 0.2) is 0 Å². The van der Waals surface area contributed by atoms with Crippen LogP contribution >= 0.6 is 0 Å². The van der Waals surface area contributed by atoms with Gasteiger partial charge in [0.1, 0.15) is 6.04 Å². The summed E-state index contributed by atoms with van der Waals surface area (Å²) in [6, 6.07) is -0.423. The van der Waals surface area contributed by atoms with Crippen molar-refractivity contribution in [2.24, 2.45) is 0 Å². The molecule has 1 unspecified atom stereocenters. The molecule has 1 heterocycles. The molecule has 1 aliphatic heterocycles. The number of unbranched alkanes of at least 4 members (excludes halogenated alkanes) is 9. The van der Waals surface area contributed by atoms with Crippen molar-refractivity contribution in [3.05, 3.63) is 0 Å². The summed E-state index contributed by atoms with van der Waals surface area (Å²) in [6.45, 7) is 3.33. The smallest absolute Gasteiger partial charge is 0.325 e. The Morgan fingerprint density at radius 1 is 1.05 bits per heavy atom. The fourth-order valence-electron chi connectivity index (χ4n) is 2.85. The minimum Gasteiger partial charge on any atom is -0.464 e. The first kappa shape index (κ1) is 18.4. The van der Waals surface area contributed by atoms with Gasteiger partial charge in [-0.1, -0.05) is 64.7 Å². The van der Waals surface area contributed by atoms with Crippen molar-refractivity contribution < 1.29 is 14.7 Å². The lowest BCUT2D eigenvalue weighted by Crippen LogP contribution is -2.34. The van der Waals surface area contributed by atoms with E-state index in [9.17, 15) is 10.0 Å². The first-order valence-electron chi connectivity index (χ1n) is 8.88. The van der Waals surface area contributed by atoms with E-state index in [-0.39, 0.29) is 5.97 Å². The van der Waals surface area contributed by atoms with Crippen LogP contribution in [0.1, 0.15) is 84.0 Å². The Kier molecular flexibility index (Phi) is 10.5. The third kappa shape index (κ3) is 8.42. The van der Waals surface area contributed by atoms with Crippen LogP contribution in [0.5, 0.6) is 0 Å². The molecule has 0 bridgehead atoms. The molecule has 4 nitrogen and oxygen atoms in total. The lowest BCUT2D eigenvalue weighted by molar-refractivity contribution is -0.167. The van der Waals surface area contributed by atoms with E-state index in [0.717, 1.165) is 24.3 Å². The lowest BCUT2D eigenvalue weighted by atomic mass is 10.1. The van der Waals surface area contributed by atoms with Crippen LogP contribution in [0.25, 0.3) is 0 Å². The zero-order chi connectivity index (χ0) is 15.3. The molecule has 0 radical (unpaired) electrons. The molecule has 0 aromatic heterocycles. The van der Waals surface area contributed by atoms with Gasteiger partial charge in [-0.25, -0.2) is 0 Å². The van der Waals surface area contributed by atoms with Crippen molar-refractivity contribution in [2.75, 3.05) is 13.2 Å². The summed E-state index contributed by atoms with van der Waals surface area (Å²) < 4.78 is 5.23. The van der Waals surface area contributed by atoms with Gasteiger partial charge in [-0.05, 0) is 19.3 Å². The number of nitrogens with zero attached hydrogens (tertiary/aromatic N) is 1. The zero-order valence-corrected chi connectivity index (χ0v) is 13.7. The monoisotopic (exact) mass is 299 g/mol. The van der Waals surface area contributed by atoms with Gasteiger partial charge in [-0.2, -0.15) is 5.06 Å². The molecule has 21 heavy (non-hydrogen) atoms. The van der Waals surface area contributed by atoms with Crippen LogP contribution < -0.4 is 0 Å². The number of carbonyl (C=O) groups excluding carboxylic acids is 1. The highest BCUT2D eigenvalue weighted by Crippen LogP contribution is 2.16. The molecule has 0 amide bonds. The van der Waals surface area contributed by atoms with Gasteiger partial charge in [0.05, 0.1) is 6.61 Å². The average molecular weight is 299 g/mol. The normalized spacial score (nSPS) is 19.0. The number of ether oxygens (including phenoxy) is 1. The van der Waals surface area contributed by atoms with E-state index in [2.05, 4.69) is 6.92 Å². The summed E-state index contributed by atoms with van der Waals surface area (Å²) in [5, 5.41) is 10.6. The van der Waals surface area contributed by atoms with Crippen molar-refractivity contribution >= 4 is 5.97 Å². The molecule has 0 spiro atoms. The van der Waals surface area contributed by atoms with E-state index < -0.39 is 6.04 Å². The quantitative estimate of drug-likeness (QED) is 0.431. The third-order valence-electron chi connectivity index (χ3n) is 4.24. The molecule has 1 aliphatic rings. The number of hydrogen-bond acceptors (Lipinski definition) is 4. The molecule has 1 rings (SSSR count). The summed E-state index contributed by atoms with van der Waals surface area (Å²) in [5.41, 5.74) is 0. The predicted molar refractivity (Wildman–Crippen MR) is 84.3 cm³/mol. The summed E-state index contributed by atoms with van der Waals surface area (Å²) >= 11 is 0. The minimum absolute atomic E-state index is 0.258. The largest absolute Gasteiger partial charge is 0.464 e. The molecule has 1 saturated heterocycles. The summed E-state index contributed by atoms with van der Waals surface area (Å²) in [4.78, 5) is 11.7. The van der Waals surface area contributed by atoms with Crippen LogP contribution in [0.3, 0.4) is 0 Å². The highest BCUT2D eigenvalue weighted by atomic mass is 16.6. The highest BCUT2D eigenvalue weighted by molar-refractivity contribution is 5.75. The first-order valence-corrected chi connectivity index (χ1v) is 8.88. The van der Waals surface area contributed by atoms with E-state index in [1.54, 1.807) is 0 Å². The Balaban J connectivity index is 1.83. The molecule has 1 fully saturated rings. The Morgan fingerprint density at radius 3 is 2.14 bits per heavy atom. The topological polar surface area (TPSA) is 49.8 Å². The molecule has 124 valence electrons. The summed E-state index contributed by atoms with van der Waals surface area (Å²) in [6.07, 6.45) is 14.4. The van der Waals surface area contributed by atoms with Crippen LogP contribution in [0, 0.1) is 0 Å². The third-order valence-corrected chi connectivity index (χ3v) is 4.24. The van der Waals surface area contributed by atoms with Crippen LogP contribution in [0.4, 0.5) is 0 Å². The second-order valence-electron chi connectivity index (χ2n) is 6.17. The SMILES string of the molecule is CCCCCCCCCCCCOC(=O)C1CCCN1O. The van der Waals surface area contributed by atoms with Crippen molar-refractivity contribution in [3.63, 3.8) is 0 Å². The maximum Gasteiger partial charge on any atom is 0.325 e. The maximum absolute atomic E-state index is 11.7. The molecule has 0 aromatic carbocycles. The second kappa shape index (κ2) is 12.0. The molecule has 1 N–H and O–H groups in total. The molecule has 0 aromatic rings. The second-order valence-corrected chi connectivity index (χ2v) is 6.17. The number of rotatable bonds is 12. The fourth-order valence-corrected chi connectivity index (χ4v) is 2.85. The van der Waals surface area contributed by atoms with E-state index in [1.807, 2.05) is 0 Å².